The molecule has 3 atom stereocenters. The smallest absolute Gasteiger partial charge is 0.136 e. The van der Waals surface area contributed by atoms with E-state index in [9.17, 15) is 5.11 Å². The molecule has 1 aromatic heterocycles. The summed E-state index contributed by atoms with van der Waals surface area (Å²) in [6.07, 6.45) is 1.93. The molecule has 2 aliphatic rings. The Bertz CT molecular complexity index is 460. The molecule has 0 saturated carbocycles. The molecular weight excluding hydrogens is 299 g/mol. The molecule has 0 spiro atoms. The van der Waals surface area contributed by atoms with Crippen molar-refractivity contribution in [2.24, 2.45) is 0 Å². The van der Waals surface area contributed by atoms with Crippen LogP contribution in [0.5, 0.6) is 0 Å². The van der Waals surface area contributed by atoms with Crippen LogP contribution in [0, 0.1) is 0 Å². The zero-order valence-corrected chi connectivity index (χ0v) is 13.4. The number of piperazine rings is 1. The minimum absolute atomic E-state index is 0. The molecule has 2 heterocycles. The molecule has 1 aromatic rings. The Morgan fingerprint density at radius 1 is 1.30 bits per heavy atom. The maximum atomic E-state index is 10.0. The van der Waals surface area contributed by atoms with Gasteiger partial charge in [-0.05, 0) is 19.3 Å². The van der Waals surface area contributed by atoms with E-state index < -0.39 is 6.10 Å². The number of aromatic nitrogens is 2. The maximum absolute atomic E-state index is 10.0. The van der Waals surface area contributed by atoms with Crippen molar-refractivity contribution >= 4 is 30.6 Å². The molecule has 1 aliphatic carbocycles. The monoisotopic (exact) mass is 320 g/mol. The molecular formula is C13H22Cl2N4O. The van der Waals surface area contributed by atoms with Gasteiger partial charge in [-0.25, -0.2) is 9.97 Å². The van der Waals surface area contributed by atoms with E-state index in [0.717, 1.165) is 43.1 Å². The quantitative estimate of drug-likeness (QED) is 0.824. The second-order valence-electron chi connectivity index (χ2n) is 5.40. The van der Waals surface area contributed by atoms with Crippen LogP contribution in [0.2, 0.25) is 0 Å². The SMILES string of the molecule is C[C@@H]1C[C@@H](O)c2ncnc(N3CCNC[C@@H]3C)c21.Cl.Cl. The van der Waals surface area contributed by atoms with Gasteiger partial charge in [0.1, 0.15) is 12.1 Å². The van der Waals surface area contributed by atoms with Crippen LogP contribution in [-0.4, -0.2) is 40.8 Å². The Labute approximate surface area is 132 Å². The van der Waals surface area contributed by atoms with Gasteiger partial charge >= 0.3 is 0 Å². The van der Waals surface area contributed by atoms with Crippen molar-refractivity contribution in [3.05, 3.63) is 17.6 Å². The minimum Gasteiger partial charge on any atom is -0.387 e. The summed E-state index contributed by atoms with van der Waals surface area (Å²) in [7, 11) is 0. The average molecular weight is 321 g/mol. The Morgan fingerprint density at radius 2 is 2.05 bits per heavy atom. The Kier molecular flexibility index (Phi) is 6.01. The predicted octanol–water partition coefficient (Wildman–Crippen LogP) is 1.66. The van der Waals surface area contributed by atoms with Gasteiger partial charge in [-0.15, -0.1) is 24.8 Å². The lowest BCUT2D eigenvalue weighted by Crippen LogP contribution is -2.50. The molecule has 20 heavy (non-hydrogen) atoms. The van der Waals surface area contributed by atoms with Crippen LogP contribution in [-0.2, 0) is 0 Å². The number of halogens is 2. The first-order valence-electron chi connectivity index (χ1n) is 6.68. The Morgan fingerprint density at radius 3 is 2.75 bits per heavy atom. The molecule has 2 N–H and O–H groups in total. The van der Waals surface area contributed by atoms with E-state index >= 15 is 0 Å². The third kappa shape index (κ3) is 2.86. The van der Waals surface area contributed by atoms with Gasteiger partial charge in [0.15, 0.2) is 0 Å². The molecule has 0 unspecified atom stereocenters. The van der Waals surface area contributed by atoms with Gasteiger partial charge in [-0.3, -0.25) is 0 Å². The van der Waals surface area contributed by atoms with Gasteiger partial charge in [0.2, 0.25) is 0 Å². The van der Waals surface area contributed by atoms with E-state index in [1.54, 1.807) is 6.33 Å². The van der Waals surface area contributed by atoms with Gasteiger partial charge < -0.3 is 15.3 Å². The molecule has 0 aromatic carbocycles. The first kappa shape index (κ1) is 17.4. The van der Waals surface area contributed by atoms with E-state index in [0.29, 0.717) is 12.0 Å². The molecule has 1 fully saturated rings. The number of nitrogens with zero attached hydrogens (tertiary/aromatic N) is 3. The van der Waals surface area contributed by atoms with E-state index in [-0.39, 0.29) is 24.8 Å². The van der Waals surface area contributed by atoms with Crippen molar-refractivity contribution in [3.8, 4) is 0 Å². The normalized spacial score (nSPS) is 28.4. The number of hydrogen-bond acceptors (Lipinski definition) is 5. The number of nitrogens with one attached hydrogen (secondary N) is 1. The topological polar surface area (TPSA) is 61.3 Å². The summed E-state index contributed by atoms with van der Waals surface area (Å²) >= 11 is 0. The first-order chi connectivity index (χ1) is 8.68. The fraction of sp³-hybridized carbons (Fsp3) is 0.692. The number of aliphatic hydroxyl groups is 1. The molecule has 1 aliphatic heterocycles. The molecule has 0 radical (unpaired) electrons. The van der Waals surface area contributed by atoms with Crippen LogP contribution in [0.1, 0.15) is 43.5 Å². The van der Waals surface area contributed by atoms with Gasteiger partial charge in [0.05, 0.1) is 11.8 Å². The number of hydrogen-bond donors (Lipinski definition) is 2. The van der Waals surface area contributed by atoms with Crippen molar-refractivity contribution in [1.82, 2.24) is 15.3 Å². The second-order valence-corrected chi connectivity index (χ2v) is 5.40. The molecule has 7 heteroatoms. The van der Waals surface area contributed by atoms with Crippen LogP contribution in [0.25, 0.3) is 0 Å². The highest BCUT2D eigenvalue weighted by atomic mass is 35.5. The van der Waals surface area contributed by atoms with E-state index in [4.69, 9.17) is 0 Å². The Balaban J connectivity index is 0.000001000. The maximum Gasteiger partial charge on any atom is 0.136 e. The third-order valence-corrected chi connectivity index (χ3v) is 4.05. The van der Waals surface area contributed by atoms with Crippen molar-refractivity contribution in [2.75, 3.05) is 24.5 Å². The Hall–Kier alpha value is -0.620. The molecule has 0 amide bonds. The molecule has 0 bridgehead atoms. The van der Waals surface area contributed by atoms with Crippen LogP contribution in [0.3, 0.4) is 0 Å². The third-order valence-electron chi connectivity index (χ3n) is 4.05. The highest BCUT2D eigenvalue weighted by Gasteiger charge is 2.34. The summed E-state index contributed by atoms with van der Waals surface area (Å²) < 4.78 is 0. The van der Waals surface area contributed by atoms with Crippen molar-refractivity contribution in [2.45, 2.75) is 38.3 Å². The van der Waals surface area contributed by atoms with E-state index in [1.165, 1.54) is 0 Å². The summed E-state index contributed by atoms with van der Waals surface area (Å²) in [5.41, 5.74) is 1.98. The molecule has 1 saturated heterocycles. The van der Waals surface area contributed by atoms with E-state index in [2.05, 4.69) is 34.0 Å². The highest BCUT2D eigenvalue weighted by Crippen LogP contribution is 2.43. The fourth-order valence-electron chi connectivity index (χ4n) is 3.09. The fourth-order valence-corrected chi connectivity index (χ4v) is 3.09. The summed E-state index contributed by atoms with van der Waals surface area (Å²) in [4.78, 5) is 11.1. The predicted molar refractivity (Wildman–Crippen MR) is 84.2 cm³/mol. The lowest BCUT2D eigenvalue weighted by Gasteiger charge is -2.36. The standard InChI is InChI=1S/C13H20N4O.2ClH/c1-8-5-10(18)12-11(8)13(16-7-15-12)17-4-3-14-6-9(17)2;;/h7-10,14,18H,3-6H2,1-2H3;2*1H/t8-,9+,10-;;/m1../s1. The van der Waals surface area contributed by atoms with Crippen molar-refractivity contribution in [3.63, 3.8) is 0 Å². The van der Waals surface area contributed by atoms with Crippen LogP contribution >= 0.6 is 24.8 Å². The van der Waals surface area contributed by atoms with Crippen LogP contribution in [0.4, 0.5) is 5.82 Å². The summed E-state index contributed by atoms with van der Waals surface area (Å²) in [5.74, 6) is 1.37. The highest BCUT2D eigenvalue weighted by molar-refractivity contribution is 5.85. The zero-order chi connectivity index (χ0) is 12.7. The second kappa shape index (κ2) is 6.89. The lowest BCUT2D eigenvalue weighted by atomic mass is 10.0. The van der Waals surface area contributed by atoms with Crippen molar-refractivity contribution in [1.29, 1.82) is 0 Å². The number of fused-ring (bicyclic) bond motifs is 1. The molecule has 114 valence electrons. The number of aliphatic hydroxyl groups excluding tert-OH is 1. The van der Waals surface area contributed by atoms with Gasteiger partial charge in [-0.2, -0.15) is 0 Å². The van der Waals surface area contributed by atoms with Gasteiger partial charge in [-0.1, -0.05) is 6.92 Å². The number of anilines is 1. The summed E-state index contributed by atoms with van der Waals surface area (Å²) in [6, 6.07) is 0.433. The lowest BCUT2D eigenvalue weighted by molar-refractivity contribution is 0.170. The minimum atomic E-state index is -0.421. The van der Waals surface area contributed by atoms with Crippen molar-refractivity contribution < 1.29 is 5.11 Å². The zero-order valence-electron chi connectivity index (χ0n) is 11.7. The summed E-state index contributed by atoms with van der Waals surface area (Å²) in [6.45, 7) is 7.29. The largest absolute Gasteiger partial charge is 0.387 e. The first-order valence-corrected chi connectivity index (χ1v) is 6.68. The average Bonchev–Trinajstić information content (AvgIpc) is 2.66. The van der Waals surface area contributed by atoms with Crippen LogP contribution < -0.4 is 10.2 Å². The van der Waals surface area contributed by atoms with Gasteiger partial charge in [0.25, 0.3) is 0 Å². The molecule has 3 rings (SSSR count). The molecule has 5 nitrogen and oxygen atoms in total. The van der Waals surface area contributed by atoms with Gasteiger partial charge in [0, 0.05) is 31.2 Å². The number of rotatable bonds is 1. The van der Waals surface area contributed by atoms with E-state index in [1.807, 2.05) is 0 Å². The summed E-state index contributed by atoms with van der Waals surface area (Å²) in [5, 5.41) is 13.4. The van der Waals surface area contributed by atoms with Crippen LogP contribution in [0.15, 0.2) is 6.33 Å².